The highest BCUT2D eigenvalue weighted by atomic mass is 16.3. The lowest BCUT2D eigenvalue weighted by atomic mass is 9.49. The Bertz CT molecular complexity index is 416. The van der Waals surface area contributed by atoms with Crippen molar-refractivity contribution in [3.8, 4) is 0 Å². The van der Waals surface area contributed by atoms with E-state index in [-0.39, 0.29) is 6.10 Å². The van der Waals surface area contributed by atoms with Crippen LogP contribution >= 0.6 is 0 Å². The summed E-state index contributed by atoms with van der Waals surface area (Å²) in [7, 11) is 0. The zero-order valence-electron chi connectivity index (χ0n) is 13.6. The van der Waals surface area contributed by atoms with Gasteiger partial charge in [0.2, 0.25) is 0 Å². The molecule has 118 valence electrons. The molecule has 1 N–H and O–H groups in total. The van der Waals surface area contributed by atoms with Gasteiger partial charge in [-0.3, -0.25) is 0 Å². The van der Waals surface area contributed by atoms with Gasteiger partial charge in [-0.25, -0.2) is 0 Å². The minimum Gasteiger partial charge on any atom is -0.393 e. The number of hydrogen-bond donors (Lipinski definition) is 1. The molecule has 0 spiro atoms. The van der Waals surface area contributed by atoms with Crippen LogP contribution in [0.1, 0.15) is 64.7 Å². The highest BCUT2D eigenvalue weighted by Gasteiger charge is 2.56. The SMILES string of the molecule is C=C[C@H]1CCC2C3CCC4CC(O)CCC4C3CC[C@@]21C. The molecule has 4 saturated carbocycles. The summed E-state index contributed by atoms with van der Waals surface area (Å²) in [5.41, 5.74) is 0.559. The number of allylic oxidation sites excluding steroid dienone is 1. The van der Waals surface area contributed by atoms with Gasteiger partial charge in [0.25, 0.3) is 0 Å². The van der Waals surface area contributed by atoms with E-state index in [0.29, 0.717) is 5.41 Å². The van der Waals surface area contributed by atoms with E-state index in [9.17, 15) is 5.11 Å². The minimum absolute atomic E-state index is 0.00767. The molecule has 1 nitrogen and oxygen atoms in total. The summed E-state index contributed by atoms with van der Waals surface area (Å²) < 4.78 is 0. The van der Waals surface area contributed by atoms with Crippen LogP contribution in [0.5, 0.6) is 0 Å². The number of fused-ring (bicyclic) bond motifs is 5. The fourth-order valence-electron chi connectivity index (χ4n) is 7.26. The van der Waals surface area contributed by atoms with Gasteiger partial charge in [-0.05, 0) is 98.7 Å². The maximum atomic E-state index is 9.99. The standard InChI is InChI=1S/C20H32O/c1-3-14-5-9-19-18-7-4-13-12-15(21)6-8-16(13)17(18)10-11-20(14,19)2/h3,13-19,21H,1,4-12H2,2H3/t13?,14-,15?,16?,17?,18?,19?,20+/m0/s1. The van der Waals surface area contributed by atoms with Gasteiger partial charge in [0.15, 0.2) is 0 Å². The predicted molar refractivity (Wildman–Crippen MR) is 86.8 cm³/mol. The first-order valence-corrected chi connectivity index (χ1v) is 9.44. The lowest BCUT2D eigenvalue weighted by Crippen LogP contribution is -2.48. The molecule has 4 aliphatic rings. The molecule has 0 aliphatic heterocycles. The first-order chi connectivity index (χ1) is 10.1. The van der Waals surface area contributed by atoms with Crippen LogP contribution in [0.25, 0.3) is 0 Å². The Kier molecular flexibility index (Phi) is 3.48. The molecule has 0 bridgehead atoms. The Morgan fingerprint density at radius 1 is 0.952 bits per heavy atom. The molecule has 6 unspecified atom stereocenters. The Morgan fingerprint density at radius 2 is 1.76 bits per heavy atom. The average Bonchev–Trinajstić information content (AvgIpc) is 2.83. The predicted octanol–water partition coefficient (Wildman–Crippen LogP) is 4.80. The molecule has 0 heterocycles. The van der Waals surface area contributed by atoms with Crippen molar-refractivity contribution in [3.05, 3.63) is 12.7 Å². The van der Waals surface area contributed by atoms with Crippen LogP contribution < -0.4 is 0 Å². The molecule has 4 aliphatic carbocycles. The van der Waals surface area contributed by atoms with Crippen molar-refractivity contribution in [2.45, 2.75) is 70.8 Å². The quantitative estimate of drug-likeness (QED) is 0.687. The third kappa shape index (κ3) is 2.06. The van der Waals surface area contributed by atoms with Gasteiger partial charge in [0.05, 0.1) is 6.10 Å². The maximum Gasteiger partial charge on any atom is 0.0543 e. The lowest BCUT2D eigenvalue weighted by molar-refractivity contribution is -0.0732. The van der Waals surface area contributed by atoms with Gasteiger partial charge >= 0.3 is 0 Å². The summed E-state index contributed by atoms with van der Waals surface area (Å²) >= 11 is 0. The monoisotopic (exact) mass is 288 g/mol. The van der Waals surface area contributed by atoms with Crippen LogP contribution in [0.4, 0.5) is 0 Å². The van der Waals surface area contributed by atoms with E-state index in [4.69, 9.17) is 0 Å². The Morgan fingerprint density at radius 3 is 2.57 bits per heavy atom. The molecule has 4 fully saturated rings. The second-order valence-corrected chi connectivity index (χ2v) is 8.87. The van der Waals surface area contributed by atoms with Crippen molar-refractivity contribution in [3.63, 3.8) is 0 Å². The smallest absolute Gasteiger partial charge is 0.0543 e. The molecule has 0 aromatic carbocycles. The average molecular weight is 288 g/mol. The van der Waals surface area contributed by atoms with Gasteiger partial charge in [-0.15, -0.1) is 6.58 Å². The molecular formula is C20H32O. The molecule has 4 rings (SSSR count). The van der Waals surface area contributed by atoms with Crippen LogP contribution in [0.3, 0.4) is 0 Å². The highest BCUT2D eigenvalue weighted by molar-refractivity contribution is 5.09. The van der Waals surface area contributed by atoms with E-state index in [1.54, 1.807) is 0 Å². The van der Waals surface area contributed by atoms with Gasteiger partial charge in [0, 0.05) is 0 Å². The van der Waals surface area contributed by atoms with E-state index < -0.39 is 0 Å². The highest BCUT2D eigenvalue weighted by Crippen LogP contribution is 2.64. The Balaban J connectivity index is 1.56. The number of hydrogen-bond acceptors (Lipinski definition) is 1. The van der Waals surface area contributed by atoms with Crippen molar-refractivity contribution in [2.75, 3.05) is 0 Å². The summed E-state index contributed by atoms with van der Waals surface area (Å²) in [5.74, 6) is 5.50. The first-order valence-electron chi connectivity index (χ1n) is 9.44. The second kappa shape index (κ2) is 5.11. The zero-order valence-corrected chi connectivity index (χ0v) is 13.6. The topological polar surface area (TPSA) is 20.2 Å². The van der Waals surface area contributed by atoms with Gasteiger partial charge < -0.3 is 5.11 Å². The molecular weight excluding hydrogens is 256 g/mol. The van der Waals surface area contributed by atoms with Crippen molar-refractivity contribution >= 4 is 0 Å². The van der Waals surface area contributed by atoms with Gasteiger partial charge in [-0.1, -0.05) is 13.0 Å². The zero-order chi connectivity index (χ0) is 14.6. The van der Waals surface area contributed by atoms with Crippen molar-refractivity contribution in [2.24, 2.45) is 40.9 Å². The van der Waals surface area contributed by atoms with Gasteiger partial charge in [-0.2, -0.15) is 0 Å². The molecule has 0 radical (unpaired) electrons. The second-order valence-electron chi connectivity index (χ2n) is 8.87. The van der Waals surface area contributed by atoms with Crippen LogP contribution in [0.15, 0.2) is 12.7 Å². The van der Waals surface area contributed by atoms with Crippen LogP contribution in [-0.4, -0.2) is 11.2 Å². The van der Waals surface area contributed by atoms with E-state index in [0.717, 1.165) is 48.3 Å². The van der Waals surface area contributed by atoms with Crippen LogP contribution in [-0.2, 0) is 0 Å². The number of aliphatic hydroxyl groups is 1. The van der Waals surface area contributed by atoms with E-state index in [2.05, 4.69) is 19.6 Å². The fourth-order valence-corrected chi connectivity index (χ4v) is 7.26. The molecule has 8 atom stereocenters. The maximum absolute atomic E-state index is 9.99. The third-order valence-electron chi connectivity index (χ3n) is 8.28. The summed E-state index contributed by atoms with van der Waals surface area (Å²) in [6.07, 6.45) is 14.3. The third-order valence-corrected chi connectivity index (χ3v) is 8.28. The molecule has 0 amide bonds. The van der Waals surface area contributed by atoms with Crippen molar-refractivity contribution in [1.29, 1.82) is 0 Å². The van der Waals surface area contributed by atoms with Crippen LogP contribution in [0.2, 0.25) is 0 Å². The Hall–Kier alpha value is -0.300. The molecule has 0 saturated heterocycles. The van der Waals surface area contributed by atoms with Crippen LogP contribution in [0, 0.1) is 40.9 Å². The first kappa shape index (κ1) is 14.3. The molecule has 21 heavy (non-hydrogen) atoms. The largest absolute Gasteiger partial charge is 0.393 e. The van der Waals surface area contributed by atoms with Gasteiger partial charge in [0.1, 0.15) is 0 Å². The molecule has 0 aromatic rings. The fraction of sp³-hybridized carbons (Fsp3) is 0.900. The summed E-state index contributed by atoms with van der Waals surface area (Å²) in [6, 6.07) is 0. The molecule has 1 heteroatoms. The number of rotatable bonds is 1. The normalized spacial score (nSPS) is 56.2. The van der Waals surface area contributed by atoms with Crippen molar-refractivity contribution in [1.82, 2.24) is 0 Å². The van der Waals surface area contributed by atoms with E-state index in [1.165, 1.54) is 44.9 Å². The lowest BCUT2D eigenvalue weighted by Gasteiger charge is -2.56. The number of aliphatic hydroxyl groups excluding tert-OH is 1. The minimum atomic E-state index is 0.00767. The summed E-state index contributed by atoms with van der Waals surface area (Å²) in [4.78, 5) is 0. The Labute approximate surface area is 130 Å². The van der Waals surface area contributed by atoms with E-state index >= 15 is 0 Å². The summed E-state index contributed by atoms with van der Waals surface area (Å²) in [5, 5.41) is 9.99. The molecule has 0 aromatic heterocycles. The van der Waals surface area contributed by atoms with Crippen molar-refractivity contribution < 1.29 is 5.11 Å². The van der Waals surface area contributed by atoms with E-state index in [1.807, 2.05) is 0 Å². The summed E-state index contributed by atoms with van der Waals surface area (Å²) in [6.45, 7) is 6.70.